The third kappa shape index (κ3) is 2.05. The Hall–Kier alpha value is -1.81. The first-order chi connectivity index (χ1) is 10.6. The molecule has 0 radical (unpaired) electrons. The number of hydrogen-bond acceptors (Lipinski definition) is 3. The van der Waals surface area contributed by atoms with Gasteiger partial charge in [0.2, 0.25) is 5.76 Å². The van der Waals surface area contributed by atoms with Crippen LogP contribution in [0.15, 0.2) is 27.4 Å². The van der Waals surface area contributed by atoms with Crippen LogP contribution in [0, 0.1) is 0 Å². The van der Waals surface area contributed by atoms with E-state index in [1.54, 1.807) is 18.2 Å². The van der Waals surface area contributed by atoms with Crippen LogP contribution in [0.1, 0.15) is 48.2 Å². The van der Waals surface area contributed by atoms with E-state index >= 15 is 0 Å². The second-order valence-corrected chi connectivity index (χ2v) is 6.54. The molecule has 4 rings (SSSR count). The molecule has 5 heteroatoms. The van der Waals surface area contributed by atoms with Crippen LogP contribution >= 0.6 is 11.6 Å². The molecular weight excluding hydrogens is 302 g/mol. The van der Waals surface area contributed by atoms with Gasteiger partial charge in [-0.1, -0.05) is 30.9 Å². The molecule has 1 aromatic carbocycles. The van der Waals surface area contributed by atoms with Gasteiger partial charge in [-0.25, -0.2) is 0 Å². The van der Waals surface area contributed by atoms with Crippen molar-refractivity contribution in [2.24, 2.45) is 0 Å². The lowest BCUT2D eigenvalue weighted by atomic mass is 9.94. The van der Waals surface area contributed by atoms with Gasteiger partial charge in [0.25, 0.3) is 5.91 Å². The Kier molecular flexibility index (Phi) is 3.22. The second kappa shape index (κ2) is 5.13. The number of fused-ring (bicyclic) bond motifs is 2. The van der Waals surface area contributed by atoms with Crippen LogP contribution in [-0.2, 0) is 6.54 Å². The predicted molar refractivity (Wildman–Crippen MR) is 84.2 cm³/mol. The molecule has 1 saturated carbocycles. The Bertz CT molecular complexity index is 820. The number of rotatable bonds is 1. The molecule has 0 saturated heterocycles. The first-order valence-corrected chi connectivity index (χ1v) is 8.09. The maximum Gasteiger partial charge on any atom is 0.290 e. The molecule has 1 aromatic heterocycles. The van der Waals surface area contributed by atoms with E-state index in [0.29, 0.717) is 28.1 Å². The molecule has 2 heterocycles. The predicted octanol–water partition coefficient (Wildman–Crippen LogP) is 3.73. The zero-order valence-corrected chi connectivity index (χ0v) is 12.9. The number of benzene rings is 1. The lowest BCUT2D eigenvalue weighted by Gasteiger charge is -2.30. The molecule has 2 aliphatic rings. The van der Waals surface area contributed by atoms with Crippen LogP contribution in [-0.4, -0.2) is 16.8 Å². The molecule has 0 N–H and O–H groups in total. The molecule has 4 nitrogen and oxygen atoms in total. The average Bonchev–Trinajstić information content (AvgIpc) is 2.87. The number of nitrogens with zero attached hydrogens (tertiary/aromatic N) is 1. The van der Waals surface area contributed by atoms with Crippen LogP contribution in [0.3, 0.4) is 0 Å². The van der Waals surface area contributed by atoms with Gasteiger partial charge in [-0.3, -0.25) is 9.59 Å². The summed E-state index contributed by atoms with van der Waals surface area (Å²) in [6.07, 6.45) is 5.54. The summed E-state index contributed by atoms with van der Waals surface area (Å²) in [6.45, 7) is 0.365. The summed E-state index contributed by atoms with van der Waals surface area (Å²) in [5.74, 6) is 0.0706. The van der Waals surface area contributed by atoms with Crippen LogP contribution in [0.4, 0.5) is 0 Å². The molecule has 1 aliphatic carbocycles. The SMILES string of the molecule is O=C1c2oc3ccc(Cl)cc3c(=O)c2CN1C1CCCCC1. The Morgan fingerprint density at radius 1 is 1.14 bits per heavy atom. The zero-order valence-electron chi connectivity index (χ0n) is 12.1. The van der Waals surface area contributed by atoms with Crippen LogP contribution in [0.25, 0.3) is 11.0 Å². The summed E-state index contributed by atoms with van der Waals surface area (Å²) in [6, 6.07) is 5.15. The molecular formula is C17H16ClNO3. The standard InChI is InChI=1S/C17H16ClNO3/c18-10-6-7-14-12(8-10)15(20)13-9-19(17(21)16(13)22-14)11-4-2-1-3-5-11/h6-8,11H,1-5,9H2. The van der Waals surface area contributed by atoms with Crippen molar-refractivity contribution >= 4 is 28.5 Å². The molecule has 1 aliphatic heterocycles. The van der Waals surface area contributed by atoms with Crippen LogP contribution < -0.4 is 5.43 Å². The highest BCUT2D eigenvalue weighted by Crippen LogP contribution is 2.31. The highest BCUT2D eigenvalue weighted by atomic mass is 35.5. The maximum absolute atomic E-state index is 12.6. The number of hydrogen-bond donors (Lipinski definition) is 0. The molecule has 1 fully saturated rings. The highest BCUT2D eigenvalue weighted by molar-refractivity contribution is 6.31. The van der Waals surface area contributed by atoms with Gasteiger partial charge in [0.15, 0.2) is 5.43 Å². The monoisotopic (exact) mass is 317 g/mol. The van der Waals surface area contributed by atoms with Gasteiger partial charge in [-0.05, 0) is 31.0 Å². The minimum atomic E-state index is -0.143. The van der Waals surface area contributed by atoms with E-state index in [2.05, 4.69) is 0 Å². The van der Waals surface area contributed by atoms with Gasteiger partial charge in [-0.15, -0.1) is 0 Å². The van der Waals surface area contributed by atoms with E-state index in [9.17, 15) is 9.59 Å². The fourth-order valence-corrected chi connectivity index (χ4v) is 3.75. The lowest BCUT2D eigenvalue weighted by Crippen LogP contribution is -2.37. The van der Waals surface area contributed by atoms with E-state index in [1.807, 2.05) is 4.90 Å². The van der Waals surface area contributed by atoms with E-state index in [1.165, 1.54) is 6.42 Å². The third-order valence-corrected chi connectivity index (χ3v) is 4.98. The van der Waals surface area contributed by atoms with Crippen molar-refractivity contribution in [2.45, 2.75) is 44.7 Å². The summed E-state index contributed by atoms with van der Waals surface area (Å²) in [7, 11) is 0. The molecule has 0 spiro atoms. The first-order valence-electron chi connectivity index (χ1n) is 7.71. The van der Waals surface area contributed by atoms with Crippen molar-refractivity contribution in [3.63, 3.8) is 0 Å². The van der Waals surface area contributed by atoms with Crippen molar-refractivity contribution in [2.75, 3.05) is 0 Å². The van der Waals surface area contributed by atoms with Gasteiger partial charge in [0, 0.05) is 11.1 Å². The number of carbonyl (C=O) groups is 1. The normalized spacial score (nSPS) is 19.0. The van der Waals surface area contributed by atoms with E-state index in [0.717, 1.165) is 25.7 Å². The molecule has 0 unspecified atom stereocenters. The quantitative estimate of drug-likeness (QED) is 0.805. The molecule has 2 aromatic rings. The van der Waals surface area contributed by atoms with Gasteiger partial charge in [-0.2, -0.15) is 0 Å². The van der Waals surface area contributed by atoms with Gasteiger partial charge < -0.3 is 9.32 Å². The Morgan fingerprint density at radius 2 is 1.91 bits per heavy atom. The number of carbonyl (C=O) groups excluding carboxylic acids is 1. The average molecular weight is 318 g/mol. The second-order valence-electron chi connectivity index (χ2n) is 6.10. The Morgan fingerprint density at radius 3 is 2.68 bits per heavy atom. The lowest BCUT2D eigenvalue weighted by molar-refractivity contribution is 0.0638. The summed E-state index contributed by atoms with van der Waals surface area (Å²) >= 11 is 5.96. The molecule has 1 amide bonds. The van der Waals surface area contributed by atoms with Crippen molar-refractivity contribution < 1.29 is 9.21 Å². The van der Waals surface area contributed by atoms with Crippen molar-refractivity contribution in [3.8, 4) is 0 Å². The fraction of sp³-hybridized carbons (Fsp3) is 0.412. The van der Waals surface area contributed by atoms with Crippen molar-refractivity contribution in [1.29, 1.82) is 0 Å². The maximum atomic E-state index is 12.6. The van der Waals surface area contributed by atoms with Crippen molar-refractivity contribution in [3.05, 3.63) is 44.8 Å². The topological polar surface area (TPSA) is 50.5 Å². The van der Waals surface area contributed by atoms with Gasteiger partial charge in [0.1, 0.15) is 5.58 Å². The number of amides is 1. The van der Waals surface area contributed by atoms with E-state index in [-0.39, 0.29) is 23.1 Å². The smallest absolute Gasteiger partial charge is 0.290 e. The van der Waals surface area contributed by atoms with Gasteiger partial charge in [0.05, 0.1) is 17.5 Å². The Labute approximate surface area is 132 Å². The summed E-state index contributed by atoms with van der Waals surface area (Å²) < 4.78 is 5.72. The third-order valence-electron chi connectivity index (χ3n) is 4.75. The minimum Gasteiger partial charge on any atom is -0.450 e. The van der Waals surface area contributed by atoms with Gasteiger partial charge >= 0.3 is 0 Å². The fourth-order valence-electron chi connectivity index (χ4n) is 3.58. The highest BCUT2D eigenvalue weighted by Gasteiger charge is 2.37. The molecule has 0 atom stereocenters. The largest absolute Gasteiger partial charge is 0.450 e. The van der Waals surface area contributed by atoms with Crippen LogP contribution in [0.2, 0.25) is 5.02 Å². The molecule has 22 heavy (non-hydrogen) atoms. The Balaban J connectivity index is 1.81. The molecule has 114 valence electrons. The van der Waals surface area contributed by atoms with Crippen LogP contribution in [0.5, 0.6) is 0 Å². The summed E-state index contributed by atoms with van der Waals surface area (Å²) in [4.78, 5) is 27.1. The summed E-state index contributed by atoms with van der Waals surface area (Å²) in [5, 5.41) is 0.942. The minimum absolute atomic E-state index is 0.134. The van der Waals surface area contributed by atoms with E-state index < -0.39 is 0 Å². The summed E-state index contributed by atoms with van der Waals surface area (Å²) in [5.41, 5.74) is 0.766. The van der Waals surface area contributed by atoms with E-state index in [4.69, 9.17) is 16.0 Å². The molecule has 0 bridgehead atoms. The zero-order chi connectivity index (χ0) is 15.3. The first kappa shape index (κ1) is 13.8. The van der Waals surface area contributed by atoms with Crippen molar-refractivity contribution in [1.82, 2.24) is 4.90 Å². The number of halogens is 1.